The second-order valence-electron chi connectivity index (χ2n) is 4.55. The predicted molar refractivity (Wildman–Crippen MR) is 82.0 cm³/mol. The van der Waals surface area contributed by atoms with Crippen LogP contribution in [0.3, 0.4) is 0 Å². The van der Waals surface area contributed by atoms with Gasteiger partial charge in [-0.3, -0.25) is 0 Å². The van der Waals surface area contributed by atoms with Crippen LogP contribution < -0.4 is 5.32 Å². The molecule has 0 aliphatic rings. The number of carbonyl (C=O) groups excluding carboxylic acids is 1. The highest BCUT2D eigenvalue weighted by atomic mass is 32.1. The Kier molecular flexibility index (Phi) is 5.85. The van der Waals surface area contributed by atoms with Crippen molar-refractivity contribution < 1.29 is 18.3 Å². The Labute approximate surface area is 131 Å². The van der Waals surface area contributed by atoms with E-state index in [-0.39, 0.29) is 5.69 Å². The molecule has 2 amide bonds. The molecule has 0 spiro atoms. The van der Waals surface area contributed by atoms with Gasteiger partial charge in [-0.25, -0.2) is 13.6 Å². The molecule has 0 aliphatic heterocycles. The molecule has 0 radical (unpaired) electrons. The first kappa shape index (κ1) is 16.4. The minimum atomic E-state index is -0.809. The van der Waals surface area contributed by atoms with Gasteiger partial charge in [0.2, 0.25) is 0 Å². The first-order chi connectivity index (χ1) is 10.6. The Morgan fingerprint density at radius 3 is 2.82 bits per heavy atom. The predicted octanol–water partition coefficient (Wildman–Crippen LogP) is 3.71. The molecule has 0 atom stereocenters. The number of amides is 2. The van der Waals surface area contributed by atoms with E-state index < -0.39 is 17.7 Å². The van der Waals surface area contributed by atoms with Gasteiger partial charge in [0.05, 0.1) is 18.8 Å². The summed E-state index contributed by atoms with van der Waals surface area (Å²) in [5.74, 6) is -1.50. The zero-order chi connectivity index (χ0) is 15.9. The number of nitrogens with zero attached hydrogens (tertiary/aromatic N) is 1. The van der Waals surface area contributed by atoms with E-state index in [1.807, 2.05) is 17.5 Å². The highest BCUT2D eigenvalue weighted by Crippen LogP contribution is 2.17. The molecule has 22 heavy (non-hydrogen) atoms. The van der Waals surface area contributed by atoms with Crippen LogP contribution in [0.4, 0.5) is 19.3 Å². The molecule has 0 bridgehead atoms. The number of ether oxygens (including phenoxy) is 1. The molecule has 7 heteroatoms. The smallest absolute Gasteiger partial charge is 0.322 e. The summed E-state index contributed by atoms with van der Waals surface area (Å²) in [6.45, 7) is 1.13. The van der Waals surface area contributed by atoms with E-state index in [2.05, 4.69) is 5.32 Å². The van der Waals surface area contributed by atoms with Gasteiger partial charge in [0, 0.05) is 24.6 Å². The van der Waals surface area contributed by atoms with Gasteiger partial charge in [0.15, 0.2) is 0 Å². The Hall–Kier alpha value is -1.99. The Bertz CT molecular complexity index is 620. The first-order valence-electron chi connectivity index (χ1n) is 6.62. The number of hydrogen-bond acceptors (Lipinski definition) is 3. The largest absolute Gasteiger partial charge is 0.383 e. The minimum absolute atomic E-state index is 0.0556. The third-order valence-corrected chi connectivity index (χ3v) is 3.81. The Morgan fingerprint density at radius 2 is 2.18 bits per heavy atom. The van der Waals surface area contributed by atoms with Crippen molar-refractivity contribution in [2.75, 3.05) is 25.6 Å². The molecule has 1 aromatic heterocycles. The standard InChI is InChI=1S/C15H16F2N2O2S/c1-21-7-6-19(10-12-3-2-8-22-12)15(20)18-14-5-4-11(16)9-13(14)17/h2-5,8-9H,6-7,10H2,1H3,(H,18,20). The molecule has 4 nitrogen and oxygen atoms in total. The average molecular weight is 326 g/mol. The van der Waals surface area contributed by atoms with Crippen molar-refractivity contribution in [2.24, 2.45) is 0 Å². The van der Waals surface area contributed by atoms with Gasteiger partial charge in [0.1, 0.15) is 11.6 Å². The number of carbonyl (C=O) groups is 1. The summed E-state index contributed by atoms with van der Waals surface area (Å²) in [5, 5.41) is 4.37. The topological polar surface area (TPSA) is 41.6 Å². The summed E-state index contributed by atoms with van der Waals surface area (Å²) in [7, 11) is 1.54. The van der Waals surface area contributed by atoms with Crippen LogP contribution in [-0.2, 0) is 11.3 Å². The number of halogens is 2. The van der Waals surface area contributed by atoms with Gasteiger partial charge in [-0.15, -0.1) is 11.3 Å². The van der Waals surface area contributed by atoms with Crippen molar-refractivity contribution in [1.29, 1.82) is 0 Å². The summed E-state index contributed by atoms with van der Waals surface area (Å²) in [6.07, 6.45) is 0. The fourth-order valence-electron chi connectivity index (χ4n) is 1.83. The number of nitrogens with one attached hydrogen (secondary N) is 1. The molecule has 0 saturated heterocycles. The molecule has 0 unspecified atom stereocenters. The third-order valence-electron chi connectivity index (χ3n) is 2.95. The van der Waals surface area contributed by atoms with Crippen LogP contribution in [0, 0.1) is 11.6 Å². The van der Waals surface area contributed by atoms with Gasteiger partial charge < -0.3 is 15.0 Å². The molecule has 2 aromatic rings. The number of rotatable bonds is 6. The fourth-order valence-corrected chi connectivity index (χ4v) is 2.55. The molecule has 1 N–H and O–H groups in total. The van der Waals surface area contributed by atoms with E-state index in [0.717, 1.165) is 17.0 Å². The zero-order valence-corrected chi connectivity index (χ0v) is 12.8. The normalized spacial score (nSPS) is 10.5. The number of urea groups is 1. The maximum Gasteiger partial charge on any atom is 0.322 e. The summed E-state index contributed by atoms with van der Waals surface area (Å²) in [6, 6.07) is 6.37. The van der Waals surface area contributed by atoms with E-state index >= 15 is 0 Å². The van der Waals surface area contributed by atoms with Crippen molar-refractivity contribution in [2.45, 2.75) is 6.54 Å². The maximum absolute atomic E-state index is 13.6. The zero-order valence-electron chi connectivity index (χ0n) is 12.0. The van der Waals surface area contributed by atoms with Crippen LogP contribution in [-0.4, -0.2) is 31.2 Å². The first-order valence-corrected chi connectivity index (χ1v) is 7.50. The molecule has 118 valence electrons. The fraction of sp³-hybridized carbons (Fsp3) is 0.267. The molecule has 0 fully saturated rings. The quantitative estimate of drug-likeness (QED) is 0.879. The molecule has 1 heterocycles. The van der Waals surface area contributed by atoms with Crippen LogP contribution in [0.2, 0.25) is 0 Å². The summed E-state index contributed by atoms with van der Waals surface area (Å²) < 4.78 is 31.5. The minimum Gasteiger partial charge on any atom is -0.383 e. The maximum atomic E-state index is 13.6. The van der Waals surface area contributed by atoms with E-state index in [0.29, 0.717) is 19.7 Å². The molecule has 0 saturated carbocycles. The van der Waals surface area contributed by atoms with Gasteiger partial charge in [0.25, 0.3) is 0 Å². The van der Waals surface area contributed by atoms with E-state index in [1.54, 1.807) is 7.11 Å². The van der Waals surface area contributed by atoms with Crippen molar-refractivity contribution in [1.82, 2.24) is 4.90 Å². The van der Waals surface area contributed by atoms with Gasteiger partial charge in [-0.1, -0.05) is 6.07 Å². The molecular weight excluding hydrogens is 310 g/mol. The number of hydrogen-bond donors (Lipinski definition) is 1. The monoisotopic (exact) mass is 326 g/mol. The number of anilines is 1. The van der Waals surface area contributed by atoms with Crippen molar-refractivity contribution >= 4 is 23.1 Å². The summed E-state index contributed by atoms with van der Waals surface area (Å²) >= 11 is 1.53. The summed E-state index contributed by atoms with van der Waals surface area (Å²) in [5.41, 5.74) is -0.0556. The lowest BCUT2D eigenvalue weighted by Gasteiger charge is -2.22. The highest BCUT2D eigenvalue weighted by molar-refractivity contribution is 7.09. The van der Waals surface area contributed by atoms with E-state index in [9.17, 15) is 13.6 Å². The summed E-state index contributed by atoms with van der Waals surface area (Å²) in [4.78, 5) is 14.8. The van der Waals surface area contributed by atoms with Crippen LogP contribution >= 0.6 is 11.3 Å². The number of benzene rings is 1. The lowest BCUT2D eigenvalue weighted by molar-refractivity contribution is 0.153. The van der Waals surface area contributed by atoms with Crippen LogP contribution in [0.5, 0.6) is 0 Å². The molecule has 2 rings (SSSR count). The van der Waals surface area contributed by atoms with Gasteiger partial charge in [-0.2, -0.15) is 0 Å². The lowest BCUT2D eigenvalue weighted by atomic mass is 10.3. The van der Waals surface area contributed by atoms with Gasteiger partial charge in [-0.05, 0) is 23.6 Å². The van der Waals surface area contributed by atoms with E-state index in [4.69, 9.17) is 4.74 Å². The molecule has 1 aromatic carbocycles. The van der Waals surface area contributed by atoms with Crippen molar-refractivity contribution in [3.05, 3.63) is 52.2 Å². The Morgan fingerprint density at radius 1 is 1.36 bits per heavy atom. The molecular formula is C15H16F2N2O2S. The highest BCUT2D eigenvalue weighted by Gasteiger charge is 2.16. The van der Waals surface area contributed by atoms with Crippen molar-refractivity contribution in [3.8, 4) is 0 Å². The van der Waals surface area contributed by atoms with Crippen LogP contribution in [0.1, 0.15) is 4.88 Å². The van der Waals surface area contributed by atoms with Crippen LogP contribution in [0.15, 0.2) is 35.7 Å². The Balaban J connectivity index is 2.07. The molecule has 0 aliphatic carbocycles. The van der Waals surface area contributed by atoms with Crippen molar-refractivity contribution in [3.63, 3.8) is 0 Å². The number of methoxy groups -OCH3 is 1. The average Bonchev–Trinajstić information content (AvgIpc) is 2.99. The SMILES string of the molecule is COCCN(Cc1cccs1)C(=O)Nc1ccc(F)cc1F. The van der Waals surface area contributed by atoms with Crippen LogP contribution in [0.25, 0.3) is 0 Å². The second kappa shape index (κ2) is 7.86. The van der Waals surface area contributed by atoms with E-state index in [1.165, 1.54) is 22.3 Å². The van der Waals surface area contributed by atoms with Gasteiger partial charge >= 0.3 is 6.03 Å². The lowest BCUT2D eigenvalue weighted by Crippen LogP contribution is -2.36. The second-order valence-corrected chi connectivity index (χ2v) is 5.58. The number of thiophene rings is 1. The third kappa shape index (κ3) is 4.51.